The van der Waals surface area contributed by atoms with E-state index in [-0.39, 0.29) is 0 Å². The molecule has 1 rings (SSSR count). The van der Waals surface area contributed by atoms with E-state index >= 15 is 0 Å². The van der Waals surface area contributed by atoms with E-state index in [1.165, 1.54) is 12.8 Å². The maximum atomic E-state index is 5.11. The highest BCUT2D eigenvalue weighted by Gasteiger charge is 2.36. The first-order valence-electron chi connectivity index (χ1n) is 4.53. The summed E-state index contributed by atoms with van der Waals surface area (Å²) in [6.07, 6.45) is 2.74. The maximum Gasteiger partial charge on any atom is 0.0490 e. The van der Waals surface area contributed by atoms with Gasteiger partial charge < -0.3 is 4.74 Å². The van der Waals surface area contributed by atoms with E-state index in [1.807, 2.05) is 0 Å². The van der Waals surface area contributed by atoms with Gasteiger partial charge in [-0.2, -0.15) is 0 Å². The molecule has 0 saturated heterocycles. The van der Waals surface area contributed by atoms with Gasteiger partial charge in [0.05, 0.1) is 0 Å². The van der Waals surface area contributed by atoms with Crippen LogP contribution in [0.25, 0.3) is 0 Å². The van der Waals surface area contributed by atoms with Crippen molar-refractivity contribution in [2.75, 3.05) is 13.7 Å². The Morgan fingerprint density at radius 1 is 1.27 bits per heavy atom. The summed E-state index contributed by atoms with van der Waals surface area (Å²) >= 11 is 0. The molecule has 0 unspecified atom stereocenters. The molecule has 1 nitrogen and oxygen atoms in total. The molecule has 0 aromatic heterocycles. The molecule has 0 amide bonds. The monoisotopic (exact) mass is 156 g/mol. The number of hydrogen-bond donors (Lipinski definition) is 0. The molecule has 1 aliphatic rings. The lowest BCUT2D eigenvalue weighted by Crippen LogP contribution is -2.35. The van der Waals surface area contributed by atoms with Crippen molar-refractivity contribution in [3.63, 3.8) is 0 Å². The quantitative estimate of drug-likeness (QED) is 0.597. The first kappa shape index (κ1) is 9.05. The van der Waals surface area contributed by atoms with Crippen LogP contribution in [0.4, 0.5) is 0 Å². The third-order valence-corrected chi connectivity index (χ3v) is 2.86. The van der Waals surface area contributed by atoms with Crippen molar-refractivity contribution in [3.8, 4) is 0 Å². The highest BCUT2D eigenvalue weighted by atomic mass is 16.5. The van der Waals surface area contributed by atoms with Crippen LogP contribution in [0.5, 0.6) is 0 Å². The molecule has 66 valence electrons. The predicted octanol–water partition coefficient (Wildman–Crippen LogP) is 2.71. The Morgan fingerprint density at radius 3 is 2.18 bits per heavy atom. The normalized spacial score (nSPS) is 31.6. The lowest BCUT2D eigenvalue weighted by molar-refractivity contribution is 0.0221. The minimum atomic E-state index is 0.518. The van der Waals surface area contributed by atoms with E-state index in [0.29, 0.717) is 5.41 Å². The molecular weight excluding hydrogens is 136 g/mol. The molecule has 0 bridgehead atoms. The zero-order chi connectivity index (χ0) is 8.48. The zero-order valence-electron chi connectivity index (χ0n) is 8.18. The Morgan fingerprint density at radius 2 is 1.82 bits per heavy atom. The van der Waals surface area contributed by atoms with Gasteiger partial charge in [0.25, 0.3) is 0 Å². The molecular formula is C10H20O. The van der Waals surface area contributed by atoms with Crippen molar-refractivity contribution in [2.45, 2.75) is 33.6 Å². The smallest absolute Gasteiger partial charge is 0.0490 e. The Kier molecular flexibility index (Phi) is 2.58. The molecule has 0 spiro atoms. The second-order valence-corrected chi connectivity index (χ2v) is 4.86. The van der Waals surface area contributed by atoms with Crippen molar-refractivity contribution in [1.29, 1.82) is 0 Å². The summed E-state index contributed by atoms with van der Waals surface area (Å²) in [4.78, 5) is 0. The van der Waals surface area contributed by atoms with Crippen LogP contribution in [0.2, 0.25) is 0 Å². The fraction of sp³-hybridized carbons (Fsp3) is 1.00. The summed E-state index contributed by atoms with van der Waals surface area (Å²) in [5.41, 5.74) is 0.518. The van der Waals surface area contributed by atoms with Gasteiger partial charge in [-0.25, -0.2) is 0 Å². The van der Waals surface area contributed by atoms with Crippen molar-refractivity contribution in [2.24, 2.45) is 17.3 Å². The van der Waals surface area contributed by atoms with Gasteiger partial charge in [-0.3, -0.25) is 0 Å². The van der Waals surface area contributed by atoms with Crippen LogP contribution in [-0.2, 0) is 4.74 Å². The van der Waals surface area contributed by atoms with Crippen molar-refractivity contribution in [3.05, 3.63) is 0 Å². The van der Waals surface area contributed by atoms with Crippen LogP contribution < -0.4 is 0 Å². The highest BCUT2D eigenvalue weighted by Crippen LogP contribution is 2.44. The van der Waals surface area contributed by atoms with E-state index in [9.17, 15) is 0 Å². The molecule has 1 fully saturated rings. The first-order chi connectivity index (χ1) is 5.04. The van der Waals surface area contributed by atoms with Gasteiger partial charge in [0.15, 0.2) is 0 Å². The summed E-state index contributed by atoms with van der Waals surface area (Å²) in [6.45, 7) is 7.97. The topological polar surface area (TPSA) is 9.23 Å². The predicted molar refractivity (Wildman–Crippen MR) is 47.5 cm³/mol. The lowest BCUT2D eigenvalue weighted by atomic mass is 9.63. The minimum Gasteiger partial charge on any atom is -0.384 e. The average Bonchev–Trinajstić information content (AvgIpc) is 1.74. The molecule has 0 aromatic carbocycles. The van der Waals surface area contributed by atoms with Crippen molar-refractivity contribution >= 4 is 0 Å². The Bertz CT molecular complexity index is 117. The second kappa shape index (κ2) is 3.14. The van der Waals surface area contributed by atoms with Gasteiger partial charge in [0.1, 0.15) is 0 Å². The number of rotatable bonds is 2. The van der Waals surface area contributed by atoms with Crippen LogP contribution in [0.15, 0.2) is 0 Å². The Labute approximate surface area is 70.1 Å². The molecule has 0 atom stereocenters. The summed E-state index contributed by atoms with van der Waals surface area (Å²) in [7, 11) is 1.80. The number of hydrogen-bond acceptors (Lipinski definition) is 1. The summed E-state index contributed by atoms with van der Waals surface area (Å²) in [5, 5.41) is 0. The van der Waals surface area contributed by atoms with E-state index in [0.717, 1.165) is 18.4 Å². The van der Waals surface area contributed by atoms with E-state index in [2.05, 4.69) is 20.8 Å². The molecule has 0 N–H and O–H groups in total. The van der Waals surface area contributed by atoms with Crippen molar-refractivity contribution in [1.82, 2.24) is 0 Å². The molecule has 11 heavy (non-hydrogen) atoms. The molecule has 1 aliphatic carbocycles. The van der Waals surface area contributed by atoms with Crippen LogP contribution in [0, 0.1) is 17.3 Å². The standard InChI is InChI=1S/C10H20O/c1-10(2,3)9-5-8(6-9)7-11-4/h8-9H,5-7H2,1-4H3. The molecule has 1 saturated carbocycles. The van der Waals surface area contributed by atoms with Gasteiger partial charge in [-0.15, -0.1) is 0 Å². The first-order valence-corrected chi connectivity index (χ1v) is 4.53. The van der Waals surface area contributed by atoms with Gasteiger partial charge >= 0.3 is 0 Å². The summed E-state index contributed by atoms with van der Waals surface area (Å²) in [5.74, 6) is 1.78. The molecule has 0 radical (unpaired) electrons. The zero-order valence-corrected chi connectivity index (χ0v) is 8.18. The molecule has 0 heterocycles. The summed E-state index contributed by atoms with van der Waals surface area (Å²) < 4.78 is 5.11. The van der Waals surface area contributed by atoms with Crippen LogP contribution in [-0.4, -0.2) is 13.7 Å². The lowest BCUT2D eigenvalue weighted by Gasteiger charge is -2.43. The molecule has 0 aromatic rings. The Balaban J connectivity index is 2.19. The molecule has 1 heteroatoms. The SMILES string of the molecule is COCC1CC(C(C)(C)C)C1. The van der Waals surface area contributed by atoms with Gasteiger partial charge in [-0.1, -0.05) is 20.8 Å². The number of methoxy groups -OCH3 is 1. The third kappa shape index (κ3) is 2.19. The highest BCUT2D eigenvalue weighted by molar-refractivity contribution is 4.86. The average molecular weight is 156 g/mol. The van der Waals surface area contributed by atoms with Crippen LogP contribution in [0.1, 0.15) is 33.6 Å². The number of ether oxygens (including phenoxy) is 1. The van der Waals surface area contributed by atoms with Crippen LogP contribution >= 0.6 is 0 Å². The second-order valence-electron chi connectivity index (χ2n) is 4.86. The van der Waals surface area contributed by atoms with E-state index in [1.54, 1.807) is 7.11 Å². The Hall–Kier alpha value is -0.0400. The fourth-order valence-corrected chi connectivity index (χ4v) is 1.81. The van der Waals surface area contributed by atoms with E-state index < -0.39 is 0 Å². The molecule has 0 aliphatic heterocycles. The van der Waals surface area contributed by atoms with Gasteiger partial charge in [-0.05, 0) is 30.1 Å². The van der Waals surface area contributed by atoms with Crippen LogP contribution in [0.3, 0.4) is 0 Å². The van der Waals surface area contributed by atoms with Gasteiger partial charge in [0, 0.05) is 13.7 Å². The van der Waals surface area contributed by atoms with Gasteiger partial charge in [0.2, 0.25) is 0 Å². The maximum absolute atomic E-state index is 5.11. The minimum absolute atomic E-state index is 0.518. The fourth-order valence-electron chi connectivity index (χ4n) is 1.81. The van der Waals surface area contributed by atoms with E-state index in [4.69, 9.17) is 4.74 Å². The summed E-state index contributed by atoms with van der Waals surface area (Å²) in [6, 6.07) is 0. The largest absolute Gasteiger partial charge is 0.384 e. The third-order valence-electron chi connectivity index (χ3n) is 2.86. The van der Waals surface area contributed by atoms with Crippen molar-refractivity contribution < 1.29 is 4.74 Å².